The van der Waals surface area contributed by atoms with E-state index in [0.29, 0.717) is 25.0 Å². The summed E-state index contributed by atoms with van der Waals surface area (Å²) in [6, 6.07) is 0. The molecule has 0 aliphatic heterocycles. The van der Waals surface area contributed by atoms with Gasteiger partial charge in [0.25, 0.3) is 0 Å². The number of nitrogens with one attached hydrogen (secondary N) is 1. The van der Waals surface area contributed by atoms with Gasteiger partial charge in [-0.3, -0.25) is 0 Å². The van der Waals surface area contributed by atoms with Crippen molar-refractivity contribution in [3.8, 4) is 0 Å². The van der Waals surface area contributed by atoms with Gasteiger partial charge >= 0.3 is 0 Å². The molecule has 1 fully saturated rings. The van der Waals surface area contributed by atoms with Crippen LogP contribution in [0.15, 0.2) is 4.52 Å². The molecule has 0 spiro atoms. The van der Waals surface area contributed by atoms with E-state index in [1.54, 1.807) is 0 Å². The van der Waals surface area contributed by atoms with Gasteiger partial charge in [-0.1, -0.05) is 19.0 Å². The molecular formula is C14H25N3O2. The van der Waals surface area contributed by atoms with Gasteiger partial charge in [-0.05, 0) is 45.1 Å². The van der Waals surface area contributed by atoms with Gasteiger partial charge in [-0.25, -0.2) is 0 Å². The Balaban J connectivity index is 1.98. The van der Waals surface area contributed by atoms with Crippen LogP contribution < -0.4 is 5.32 Å². The highest BCUT2D eigenvalue weighted by molar-refractivity contribution is 5.04. The van der Waals surface area contributed by atoms with Gasteiger partial charge in [-0.2, -0.15) is 4.98 Å². The standard InChI is InChI=1S/C14H25N3O2/c1-4-18-14(7-5-6-8-14)13-16-12(19-17-13)10-15-9-11(2)3/h11,15H,4-10H2,1-3H3. The molecule has 108 valence electrons. The fraction of sp³-hybridized carbons (Fsp3) is 0.857. The number of nitrogens with zero attached hydrogens (tertiary/aromatic N) is 2. The monoisotopic (exact) mass is 267 g/mol. The van der Waals surface area contributed by atoms with Gasteiger partial charge in [0.15, 0.2) is 0 Å². The summed E-state index contributed by atoms with van der Waals surface area (Å²) in [7, 11) is 0. The van der Waals surface area contributed by atoms with Crippen molar-refractivity contribution in [2.45, 2.75) is 58.6 Å². The van der Waals surface area contributed by atoms with E-state index in [-0.39, 0.29) is 5.60 Å². The predicted molar refractivity (Wildman–Crippen MR) is 72.6 cm³/mol. The zero-order valence-corrected chi connectivity index (χ0v) is 12.2. The lowest BCUT2D eigenvalue weighted by atomic mass is 10.0. The minimum atomic E-state index is -0.297. The highest BCUT2D eigenvalue weighted by Crippen LogP contribution is 2.40. The molecule has 5 heteroatoms. The molecule has 0 saturated heterocycles. The van der Waals surface area contributed by atoms with Crippen molar-refractivity contribution in [2.75, 3.05) is 13.2 Å². The first-order valence-corrected chi connectivity index (χ1v) is 7.34. The number of hydrogen-bond donors (Lipinski definition) is 1. The summed E-state index contributed by atoms with van der Waals surface area (Å²) < 4.78 is 11.3. The summed E-state index contributed by atoms with van der Waals surface area (Å²) >= 11 is 0. The van der Waals surface area contributed by atoms with Crippen LogP contribution in [0.1, 0.15) is 58.2 Å². The largest absolute Gasteiger partial charge is 0.367 e. The Morgan fingerprint density at radius 3 is 2.74 bits per heavy atom. The fourth-order valence-electron chi connectivity index (χ4n) is 2.63. The predicted octanol–water partition coefficient (Wildman–Crippen LogP) is 2.62. The Bertz CT molecular complexity index is 384. The molecule has 1 aromatic heterocycles. The van der Waals surface area contributed by atoms with E-state index in [0.717, 1.165) is 25.2 Å². The summed E-state index contributed by atoms with van der Waals surface area (Å²) in [5, 5.41) is 7.45. The van der Waals surface area contributed by atoms with E-state index < -0.39 is 0 Å². The van der Waals surface area contributed by atoms with Crippen molar-refractivity contribution >= 4 is 0 Å². The average Bonchev–Trinajstić information content (AvgIpc) is 2.98. The van der Waals surface area contributed by atoms with Crippen molar-refractivity contribution < 1.29 is 9.26 Å². The zero-order chi connectivity index (χ0) is 13.7. The van der Waals surface area contributed by atoms with Crippen molar-refractivity contribution in [3.05, 3.63) is 11.7 Å². The van der Waals surface area contributed by atoms with Gasteiger partial charge in [0.05, 0.1) is 6.54 Å². The van der Waals surface area contributed by atoms with Gasteiger partial charge in [-0.15, -0.1) is 0 Å². The molecule has 0 bridgehead atoms. The summed E-state index contributed by atoms with van der Waals surface area (Å²) in [5.74, 6) is 2.00. The number of aromatic nitrogens is 2. The number of hydrogen-bond acceptors (Lipinski definition) is 5. The lowest BCUT2D eigenvalue weighted by Gasteiger charge is -2.24. The molecule has 1 aliphatic rings. The maximum absolute atomic E-state index is 5.93. The Morgan fingerprint density at radius 2 is 2.11 bits per heavy atom. The number of ether oxygens (including phenoxy) is 1. The smallest absolute Gasteiger partial charge is 0.240 e. The van der Waals surface area contributed by atoms with Gasteiger partial charge in [0.2, 0.25) is 11.7 Å². The second kappa shape index (κ2) is 6.48. The topological polar surface area (TPSA) is 60.2 Å². The molecule has 5 nitrogen and oxygen atoms in total. The second-order valence-corrected chi connectivity index (χ2v) is 5.67. The molecule has 1 heterocycles. The van der Waals surface area contributed by atoms with E-state index in [2.05, 4.69) is 29.3 Å². The maximum Gasteiger partial charge on any atom is 0.240 e. The summed E-state index contributed by atoms with van der Waals surface area (Å²) in [5.41, 5.74) is -0.297. The summed E-state index contributed by atoms with van der Waals surface area (Å²) in [4.78, 5) is 4.51. The first-order chi connectivity index (χ1) is 9.16. The molecule has 1 aliphatic carbocycles. The third-order valence-electron chi connectivity index (χ3n) is 3.54. The van der Waals surface area contributed by atoms with Crippen LogP contribution in [-0.4, -0.2) is 23.3 Å². The Labute approximate surface area is 115 Å². The molecule has 1 N–H and O–H groups in total. The SMILES string of the molecule is CCOC1(c2noc(CNCC(C)C)n2)CCCC1. The van der Waals surface area contributed by atoms with E-state index in [1.807, 2.05) is 6.92 Å². The fourth-order valence-corrected chi connectivity index (χ4v) is 2.63. The van der Waals surface area contributed by atoms with Crippen molar-refractivity contribution in [2.24, 2.45) is 5.92 Å². The molecule has 1 saturated carbocycles. The average molecular weight is 267 g/mol. The van der Waals surface area contributed by atoms with Crippen LogP contribution in [0.2, 0.25) is 0 Å². The van der Waals surface area contributed by atoms with E-state index in [9.17, 15) is 0 Å². The molecule has 0 aromatic carbocycles. The number of rotatable bonds is 7. The van der Waals surface area contributed by atoms with E-state index in [1.165, 1.54) is 12.8 Å². The maximum atomic E-state index is 5.93. The molecule has 0 radical (unpaired) electrons. The summed E-state index contributed by atoms with van der Waals surface area (Å²) in [6.07, 6.45) is 4.35. The van der Waals surface area contributed by atoms with Gasteiger partial charge in [0, 0.05) is 6.61 Å². The summed E-state index contributed by atoms with van der Waals surface area (Å²) in [6.45, 7) is 8.64. The molecule has 2 rings (SSSR count). The lowest BCUT2D eigenvalue weighted by Crippen LogP contribution is -2.28. The van der Waals surface area contributed by atoms with Crippen molar-refractivity contribution in [3.63, 3.8) is 0 Å². The Kier molecular flexibility index (Phi) is 4.93. The van der Waals surface area contributed by atoms with Crippen molar-refractivity contribution in [1.82, 2.24) is 15.5 Å². The molecule has 0 amide bonds. The molecule has 0 unspecified atom stereocenters. The first-order valence-electron chi connectivity index (χ1n) is 7.34. The second-order valence-electron chi connectivity index (χ2n) is 5.67. The first kappa shape index (κ1) is 14.5. The van der Waals surface area contributed by atoms with Crippen molar-refractivity contribution in [1.29, 1.82) is 0 Å². The van der Waals surface area contributed by atoms with Crippen LogP contribution in [-0.2, 0) is 16.9 Å². The van der Waals surface area contributed by atoms with E-state index in [4.69, 9.17) is 9.26 Å². The minimum absolute atomic E-state index is 0.297. The molecule has 19 heavy (non-hydrogen) atoms. The quantitative estimate of drug-likeness (QED) is 0.823. The third kappa shape index (κ3) is 3.54. The van der Waals surface area contributed by atoms with Crippen LogP contribution in [0.25, 0.3) is 0 Å². The minimum Gasteiger partial charge on any atom is -0.367 e. The molecule has 1 aromatic rings. The van der Waals surface area contributed by atoms with Crippen LogP contribution >= 0.6 is 0 Å². The lowest BCUT2D eigenvalue weighted by molar-refractivity contribution is -0.0469. The molecular weight excluding hydrogens is 242 g/mol. The van der Waals surface area contributed by atoms with Crippen LogP contribution in [0.3, 0.4) is 0 Å². The van der Waals surface area contributed by atoms with Gasteiger partial charge < -0.3 is 14.6 Å². The van der Waals surface area contributed by atoms with Crippen LogP contribution in [0, 0.1) is 5.92 Å². The Morgan fingerprint density at radius 1 is 1.37 bits per heavy atom. The van der Waals surface area contributed by atoms with Crippen LogP contribution in [0.5, 0.6) is 0 Å². The normalized spacial score (nSPS) is 18.3. The van der Waals surface area contributed by atoms with Crippen LogP contribution in [0.4, 0.5) is 0 Å². The highest BCUT2D eigenvalue weighted by Gasteiger charge is 2.40. The van der Waals surface area contributed by atoms with Gasteiger partial charge in [0.1, 0.15) is 5.60 Å². The highest BCUT2D eigenvalue weighted by atomic mass is 16.5. The molecule has 0 atom stereocenters. The third-order valence-corrected chi connectivity index (χ3v) is 3.54. The zero-order valence-electron chi connectivity index (χ0n) is 12.2. The van der Waals surface area contributed by atoms with E-state index >= 15 is 0 Å². The Hall–Kier alpha value is -0.940.